The topological polar surface area (TPSA) is 50.8 Å². The summed E-state index contributed by atoms with van der Waals surface area (Å²) in [5.74, 6) is 0.275. The van der Waals surface area contributed by atoms with E-state index >= 15 is 0 Å². The standard InChI is InChI=1S/C26H32N2O3/c1-26(2,3)31-25(29)28-14-6-9-22(17-28)23-12-13-27-16-24(23)30-18-19-10-11-20-7-4-5-8-21(20)15-19/h4-11,14-15,23-24,27H,12-13,16-18H2,1-3H3. The zero-order valence-corrected chi connectivity index (χ0v) is 18.6. The molecule has 2 aliphatic rings. The Morgan fingerprint density at radius 1 is 1.16 bits per heavy atom. The SMILES string of the molecule is CC(C)(C)OC(=O)N1C=CC=C(C2CCNCC2OCc2ccc3ccccc3c2)C1. The lowest BCUT2D eigenvalue weighted by molar-refractivity contribution is -0.00391. The molecular formula is C26H32N2O3. The van der Waals surface area contributed by atoms with Gasteiger partial charge in [0.15, 0.2) is 0 Å². The Bertz CT molecular complexity index is 990. The molecule has 2 atom stereocenters. The van der Waals surface area contributed by atoms with Crippen molar-refractivity contribution in [3.8, 4) is 0 Å². The van der Waals surface area contributed by atoms with E-state index in [2.05, 4.69) is 53.9 Å². The molecule has 0 saturated carbocycles. The highest BCUT2D eigenvalue weighted by atomic mass is 16.6. The summed E-state index contributed by atoms with van der Waals surface area (Å²) in [4.78, 5) is 14.2. The van der Waals surface area contributed by atoms with Crippen LogP contribution < -0.4 is 5.32 Å². The molecule has 1 amide bonds. The van der Waals surface area contributed by atoms with Crippen LogP contribution in [0.3, 0.4) is 0 Å². The largest absolute Gasteiger partial charge is 0.443 e. The van der Waals surface area contributed by atoms with Crippen molar-refractivity contribution in [2.45, 2.75) is 45.5 Å². The molecule has 4 rings (SSSR count). The van der Waals surface area contributed by atoms with Crippen LogP contribution in [0.15, 0.2) is 66.4 Å². The number of hydrogen-bond donors (Lipinski definition) is 1. The summed E-state index contributed by atoms with van der Waals surface area (Å²) in [6.07, 6.45) is 6.61. The molecule has 0 radical (unpaired) electrons. The quantitative estimate of drug-likeness (QED) is 0.754. The fourth-order valence-corrected chi connectivity index (χ4v) is 4.22. The fourth-order valence-electron chi connectivity index (χ4n) is 4.22. The van der Waals surface area contributed by atoms with Crippen LogP contribution in [0.1, 0.15) is 32.8 Å². The minimum atomic E-state index is -0.507. The summed E-state index contributed by atoms with van der Waals surface area (Å²) in [6.45, 7) is 8.55. The van der Waals surface area contributed by atoms with Gasteiger partial charge in [-0.2, -0.15) is 0 Å². The Hall–Kier alpha value is -2.63. The van der Waals surface area contributed by atoms with Gasteiger partial charge in [0.2, 0.25) is 0 Å². The first-order valence-corrected chi connectivity index (χ1v) is 11.1. The van der Waals surface area contributed by atoms with Crippen molar-refractivity contribution >= 4 is 16.9 Å². The van der Waals surface area contributed by atoms with Crippen molar-refractivity contribution in [2.75, 3.05) is 19.6 Å². The fraction of sp³-hybridized carbons (Fsp3) is 0.423. The third-order valence-electron chi connectivity index (χ3n) is 5.74. The van der Waals surface area contributed by atoms with Crippen LogP contribution in [0.25, 0.3) is 10.8 Å². The number of fused-ring (bicyclic) bond motifs is 1. The van der Waals surface area contributed by atoms with Gasteiger partial charge in [0.05, 0.1) is 19.3 Å². The van der Waals surface area contributed by atoms with E-state index in [1.165, 1.54) is 21.9 Å². The van der Waals surface area contributed by atoms with E-state index < -0.39 is 5.60 Å². The van der Waals surface area contributed by atoms with E-state index in [0.29, 0.717) is 13.2 Å². The molecule has 2 aromatic carbocycles. The van der Waals surface area contributed by atoms with E-state index in [1.54, 1.807) is 11.1 Å². The van der Waals surface area contributed by atoms with Crippen molar-refractivity contribution in [2.24, 2.45) is 5.92 Å². The molecule has 0 bridgehead atoms. The van der Waals surface area contributed by atoms with Crippen LogP contribution in [0.2, 0.25) is 0 Å². The van der Waals surface area contributed by atoms with Gasteiger partial charge in [-0.15, -0.1) is 0 Å². The number of carbonyl (C=O) groups is 1. The van der Waals surface area contributed by atoms with Crippen LogP contribution >= 0.6 is 0 Å². The van der Waals surface area contributed by atoms with Crippen molar-refractivity contribution in [3.63, 3.8) is 0 Å². The number of piperidine rings is 1. The van der Waals surface area contributed by atoms with E-state index in [4.69, 9.17) is 9.47 Å². The maximum atomic E-state index is 12.5. The predicted octanol–water partition coefficient (Wildman–Crippen LogP) is 5.03. The Morgan fingerprint density at radius 3 is 2.77 bits per heavy atom. The molecule has 1 fully saturated rings. The Balaban J connectivity index is 1.41. The summed E-state index contributed by atoms with van der Waals surface area (Å²) in [5, 5.41) is 5.93. The van der Waals surface area contributed by atoms with E-state index in [-0.39, 0.29) is 18.1 Å². The first-order chi connectivity index (χ1) is 14.9. The molecule has 5 heteroatoms. The number of amides is 1. The lowest BCUT2D eigenvalue weighted by atomic mass is 9.86. The van der Waals surface area contributed by atoms with Gasteiger partial charge in [0.25, 0.3) is 0 Å². The summed E-state index contributed by atoms with van der Waals surface area (Å²) < 4.78 is 11.9. The van der Waals surface area contributed by atoms with Crippen molar-refractivity contribution in [3.05, 3.63) is 72.0 Å². The molecule has 164 valence electrons. The molecule has 2 aromatic rings. The zero-order valence-electron chi connectivity index (χ0n) is 18.6. The van der Waals surface area contributed by atoms with Gasteiger partial charge in [-0.3, -0.25) is 4.90 Å². The van der Waals surface area contributed by atoms with Gasteiger partial charge in [-0.25, -0.2) is 4.79 Å². The molecule has 31 heavy (non-hydrogen) atoms. The van der Waals surface area contributed by atoms with Gasteiger partial charge in [-0.05, 0) is 67.8 Å². The average molecular weight is 421 g/mol. The van der Waals surface area contributed by atoms with Crippen molar-refractivity contribution in [1.82, 2.24) is 10.2 Å². The predicted molar refractivity (Wildman–Crippen MR) is 124 cm³/mol. The highest BCUT2D eigenvalue weighted by molar-refractivity contribution is 5.82. The minimum Gasteiger partial charge on any atom is -0.443 e. The highest BCUT2D eigenvalue weighted by Gasteiger charge is 2.32. The van der Waals surface area contributed by atoms with Crippen LogP contribution in [-0.4, -0.2) is 42.3 Å². The highest BCUT2D eigenvalue weighted by Crippen LogP contribution is 2.28. The number of nitrogens with zero attached hydrogens (tertiary/aromatic N) is 1. The zero-order chi connectivity index (χ0) is 21.8. The van der Waals surface area contributed by atoms with Gasteiger partial charge in [0.1, 0.15) is 5.60 Å². The van der Waals surface area contributed by atoms with Crippen LogP contribution in [0.5, 0.6) is 0 Å². The van der Waals surface area contributed by atoms with Crippen LogP contribution in [0, 0.1) is 5.92 Å². The molecule has 0 aliphatic carbocycles. The molecule has 1 N–H and O–H groups in total. The van der Waals surface area contributed by atoms with E-state index in [1.807, 2.05) is 26.8 Å². The second-order valence-electron chi connectivity index (χ2n) is 9.32. The maximum Gasteiger partial charge on any atom is 0.414 e. The van der Waals surface area contributed by atoms with Crippen molar-refractivity contribution < 1.29 is 14.3 Å². The summed E-state index contributed by atoms with van der Waals surface area (Å²) in [6, 6.07) is 14.9. The number of benzene rings is 2. The molecule has 1 saturated heterocycles. The number of carbonyl (C=O) groups excluding carboxylic acids is 1. The van der Waals surface area contributed by atoms with Gasteiger partial charge < -0.3 is 14.8 Å². The first-order valence-electron chi connectivity index (χ1n) is 11.1. The minimum absolute atomic E-state index is 0.0680. The number of hydrogen-bond acceptors (Lipinski definition) is 4. The van der Waals surface area contributed by atoms with Crippen molar-refractivity contribution in [1.29, 1.82) is 0 Å². The molecular weight excluding hydrogens is 388 g/mol. The Morgan fingerprint density at radius 2 is 1.97 bits per heavy atom. The van der Waals surface area contributed by atoms with E-state index in [0.717, 1.165) is 19.5 Å². The maximum absolute atomic E-state index is 12.5. The Kier molecular flexibility index (Phi) is 6.44. The van der Waals surface area contributed by atoms with Crippen LogP contribution in [-0.2, 0) is 16.1 Å². The molecule has 0 aromatic heterocycles. The second kappa shape index (κ2) is 9.25. The Labute approximate surface area is 184 Å². The summed E-state index contributed by atoms with van der Waals surface area (Å²) >= 11 is 0. The molecule has 2 aliphatic heterocycles. The molecule has 5 nitrogen and oxygen atoms in total. The third-order valence-corrected chi connectivity index (χ3v) is 5.74. The number of allylic oxidation sites excluding steroid dienone is 2. The molecule has 0 spiro atoms. The number of rotatable bonds is 4. The van der Waals surface area contributed by atoms with Crippen LogP contribution in [0.4, 0.5) is 4.79 Å². The lowest BCUT2D eigenvalue weighted by Crippen LogP contribution is -2.45. The normalized spacial score (nSPS) is 21.8. The third kappa shape index (κ3) is 5.54. The molecule has 2 unspecified atom stereocenters. The lowest BCUT2D eigenvalue weighted by Gasteiger charge is -2.36. The van der Waals surface area contributed by atoms with Gasteiger partial charge in [0, 0.05) is 18.7 Å². The average Bonchev–Trinajstić information content (AvgIpc) is 2.77. The van der Waals surface area contributed by atoms with Gasteiger partial charge >= 0.3 is 6.09 Å². The number of nitrogens with one attached hydrogen (secondary N) is 1. The number of ether oxygens (including phenoxy) is 2. The molecule has 2 heterocycles. The smallest absolute Gasteiger partial charge is 0.414 e. The first kappa shape index (κ1) is 21.6. The summed E-state index contributed by atoms with van der Waals surface area (Å²) in [7, 11) is 0. The van der Waals surface area contributed by atoms with E-state index in [9.17, 15) is 4.79 Å². The summed E-state index contributed by atoms with van der Waals surface area (Å²) in [5.41, 5.74) is 1.89. The monoisotopic (exact) mass is 420 g/mol. The second-order valence-corrected chi connectivity index (χ2v) is 9.32. The van der Waals surface area contributed by atoms with Gasteiger partial charge in [-0.1, -0.05) is 42.5 Å².